The maximum absolute atomic E-state index is 12.7. The molecule has 0 saturated heterocycles. The van der Waals surface area contributed by atoms with Gasteiger partial charge in [0.25, 0.3) is 5.91 Å². The van der Waals surface area contributed by atoms with Crippen LogP contribution in [0.3, 0.4) is 0 Å². The van der Waals surface area contributed by atoms with Gasteiger partial charge in [0.2, 0.25) is 0 Å². The van der Waals surface area contributed by atoms with E-state index in [1.165, 1.54) is 0 Å². The fourth-order valence-electron chi connectivity index (χ4n) is 2.08. The number of nitrogens with zero attached hydrogens (tertiary/aromatic N) is 2. The van der Waals surface area contributed by atoms with Crippen LogP contribution in [0.1, 0.15) is 22.8 Å². The number of aryl methyl sites for hydroxylation is 1. The average molecular weight is 270 g/mol. The first-order valence-corrected chi connectivity index (χ1v) is 6.47. The van der Waals surface area contributed by atoms with E-state index >= 15 is 0 Å². The number of rotatable bonds is 4. The van der Waals surface area contributed by atoms with Crippen molar-refractivity contribution in [1.82, 2.24) is 4.98 Å². The topological polar surface area (TPSA) is 71.2 Å². The third-order valence-electron chi connectivity index (χ3n) is 3.05. The predicted molar refractivity (Wildman–Crippen MR) is 80.6 cm³/mol. The van der Waals surface area contributed by atoms with Crippen molar-refractivity contribution in [3.8, 4) is 0 Å². The van der Waals surface area contributed by atoms with Gasteiger partial charge in [-0.25, -0.2) is 10.8 Å². The van der Waals surface area contributed by atoms with E-state index in [4.69, 9.17) is 5.84 Å². The molecule has 0 radical (unpaired) electrons. The van der Waals surface area contributed by atoms with Gasteiger partial charge in [0, 0.05) is 18.4 Å². The van der Waals surface area contributed by atoms with Crippen LogP contribution in [0, 0.1) is 6.92 Å². The molecule has 0 spiro atoms. The number of aromatic nitrogens is 1. The number of benzene rings is 1. The molecule has 5 heteroatoms. The number of pyridine rings is 1. The molecule has 0 fully saturated rings. The van der Waals surface area contributed by atoms with Crippen molar-refractivity contribution in [2.24, 2.45) is 5.84 Å². The standard InChI is InChI=1S/C15H18N4O/c1-3-19(12-7-4-6-11(2)10-12)15(20)13-8-5-9-17-14(13)18-16/h4-10H,3,16H2,1-2H3,(H,17,18). The van der Waals surface area contributed by atoms with E-state index in [0.717, 1.165) is 11.3 Å². The third-order valence-corrected chi connectivity index (χ3v) is 3.05. The van der Waals surface area contributed by atoms with Gasteiger partial charge in [-0.3, -0.25) is 4.79 Å². The smallest absolute Gasteiger partial charge is 0.262 e. The van der Waals surface area contributed by atoms with Crippen molar-refractivity contribution < 1.29 is 4.79 Å². The second kappa shape index (κ2) is 6.16. The zero-order chi connectivity index (χ0) is 14.5. The van der Waals surface area contributed by atoms with Gasteiger partial charge in [-0.1, -0.05) is 12.1 Å². The molecule has 1 aromatic heterocycles. The summed E-state index contributed by atoms with van der Waals surface area (Å²) in [5.74, 6) is 5.66. The van der Waals surface area contributed by atoms with Crippen molar-refractivity contribution in [3.63, 3.8) is 0 Å². The molecule has 5 nitrogen and oxygen atoms in total. The highest BCUT2D eigenvalue weighted by Gasteiger charge is 2.19. The number of hydrogen-bond donors (Lipinski definition) is 2. The number of carbonyl (C=O) groups excluding carboxylic acids is 1. The summed E-state index contributed by atoms with van der Waals surface area (Å²) in [7, 11) is 0. The maximum atomic E-state index is 12.7. The Bertz CT molecular complexity index is 612. The quantitative estimate of drug-likeness (QED) is 0.661. The second-order valence-corrected chi connectivity index (χ2v) is 4.43. The first kappa shape index (κ1) is 14.0. The Morgan fingerprint density at radius 2 is 2.15 bits per heavy atom. The Hall–Kier alpha value is -2.40. The van der Waals surface area contributed by atoms with Crippen LogP contribution in [0.15, 0.2) is 42.6 Å². The normalized spacial score (nSPS) is 10.2. The van der Waals surface area contributed by atoms with E-state index in [9.17, 15) is 4.79 Å². The van der Waals surface area contributed by atoms with Crippen molar-refractivity contribution in [1.29, 1.82) is 0 Å². The minimum Gasteiger partial charge on any atom is -0.309 e. The number of anilines is 2. The Labute approximate surface area is 118 Å². The Morgan fingerprint density at radius 3 is 2.80 bits per heavy atom. The van der Waals surface area contributed by atoms with Crippen LogP contribution >= 0.6 is 0 Å². The lowest BCUT2D eigenvalue weighted by molar-refractivity contribution is 0.0989. The fourth-order valence-corrected chi connectivity index (χ4v) is 2.08. The molecule has 0 aliphatic rings. The van der Waals surface area contributed by atoms with Gasteiger partial charge in [-0.15, -0.1) is 0 Å². The number of nitrogens with two attached hydrogens (primary N) is 1. The van der Waals surface area contributed by atoms with Crippen LogP contribution in [-0.2, 0) is 0 Å². The summed E-state index contributed by atoms with van der Waals surface area (Å²) >= 11 is 0. The largest absolute Gasteiger partial charge is 0.309 e. The molecule has 3 N–H and O–H groups in total. The molecule has 0 bridgehead atoms. The molecule has 0 unspecified atom stereocenters. The number of nitrogen functional groups attached to an aromatic ring is 1. The van der Waals surface area contributed by atoms with Gasteiger partial charge in [0.1, 0.15) is 0 Å². The average Bonchev–Trinajstić information content (AvgIpc) is 2.48. The lowest BCUT2D eigenvalue weighted by Crippen LogP contribution is -2.31. The minimum atomic E-state index is -0.126. The summed E-state index contributed by atoms with van der Waals surface area (Å²) in [6, 6.07) is 11.3. The summed E-state index contributed by atoms with van der Waals surface area (Å²) in [5.41, 5.74) is 4.89. The summed E-state index contributed by atoms with van der Waals surface area (Å²) in [4.78, 5) is 18.4. The highest BCUT2D eigenvalue weighted by atomic mass is 16.2. The van der Waals surface area contributed by atoms with E-state index < -0.39 is 0 Å². The first-order chi connectivity index (χ1) is 9.67. The highest BCUT2D eigenvalue weighted by molar-refractivity contribution is 6.09. The molecule has 1 heterocycles. The van der Waals surface area contributed by atoms with Gasteiger partial charge in [0.05, 0.1) is 5.56 Å². The van der Waals surface area contributed by atoms with Crippen LogP contribution in [0.5, 0.6) is 0 Å². The van der Waals surface area contributed by atoms with Crippen LogP contribution in [-0.4, -0.2) is 17.4 Å². The SMILES string of the molecule is CCN(C(=O)c1cccnc1NN)c1cccc(C)c1. The van der Waals surface area contributed by atoms with Gasteiger partial charge >= 0.3 is 0 Å². The van der Waals surface area contributed by atoms with Gasteiger partial charge in [0.15, 0.2) is 5.82 Å². The molecule has 2 rings (SSSR count). The highest BCUT2D eigenvalue weighted by Crippen LogP contribution is 2.20. The zero-order valence-electron chi connectivity index (χ0n) is 11.6. The monoisotopic (exact) mass is 270 g/mol. The summed E-state index contributed by atoms with van der Waals surface area (Å²) in [6.45, 7) is 4.51. The van der Waals surface area contributed by atoms with E-state index in [-0.39, 0.29) is 5.91 Å². The minimum absolute atomic E-state index is 0.126. The first-order valence-electron chi connectivity index (χ1n) is 6.47. The third kappa shape index (κ3) is 2.78. The van der Waals surface area contributed by atoms with Crippen molar-refractivity contribution in [2.75, 3.05) is 16.9 Å². The fraction of sp³-hybridized carbons (Fsp3) is 0.200. The molecule has 0 aliphatic heterocycles. The molecule has 0 saturated carbocycles. The van der Waals surface area contributed by atoms with E-state index in [1.807, 2.05) is 38.1 Å². The van der Waals surface area contributed by atoms with Crippen LogP contribution in [0.2, 0.25) is 0 Å². The molecule has 2 aromatic rings. The molecule has 1 aromatic carbocycles. The molecule has 20 heavy (non-hydrogen) atoms. The maximum Gasteiger partial charge on any atom is 0.262 e. The van der Waals surface area contributed by atoms with Crippen LogP contribution in [0.4, 0.5) is 11.5 Å². The van der Waals surface area contributed by atoms with Gasteiger partial charge in [-0.2, -0.15) is 0 Å². The Kier molecular flexibility index (Phi) is 4.32. The van der Waals surface area contributed by atoms with Gasteiger partial charge in [-0.05, 0) is 43.7 Å². The van der Waals surface area contributed by atoms with E-state index in [2.05, 4.69) is 10.4 Å². The lowest BCUT2D eigenvalue weighted by atomic mass is 10.1. The van der Waals surface area contributed by atoms with Crippen molar-refractivity contribution >= 4 is 17.4 Å². The molecular formula is C15H18N4O. The number of amides is 1. The van der Waals surface area contributed by atoms with Crippen LogP contribution < -0.4 is 16.2 Å². The lowest BCUT2D eigenvalue weighted by Gasteiger charge is -2.22. The van der Waals surface area contributed by atoms with Crippen LogP contribution in [0.25, 0.3) is 0 Å². The summed E-state index contributed by atoms with van der Waals surface area (Å²) in [6.07, 6.45) is 1.59. The van der Waals surface area contributed by atoms with E-state index in [0.29, 0.717) is 17.9 Å². The molecule has 104 valence electrons. The predicted octanol–water partition coefficient (Wildman–Crippen LogP) is 2.34. The molecule has 0 atom stereocenters. The second-order valence-electron chi connectivity index (χ2n) is 4.43. The number of nitrogens with one attached hydrogen (secondary N) is 1. The molecule has 1 amide bonds. The number of hydrazine groups is 1. The van der Waals surface area contributed by atoms with Gasteiger partial charge < -0.3 is 10.3 Å². The van der Waals surface area contributed by atoms with Crippen molar-refractivity contribution in [2.45, 2.75) is 13.8 Å². The molecular weight excluding hydrogens is 252 g/mol. The number of carbonyl (C=O) groups is 1. The van der Waals surface area contributed by atoms with E-state index in [1.54, 1.807) is 23.2 Å². The summed E-state index contributed by atoms with van der Waals surface area (Å²) in [5, 5.41) is 0. The Balaban J connectivity index is 2.39. The van der Waals surface area contributed by atoms with Crippen molar-refractivity contribution in [3.05, 3.63) is 53.7 Å². The number of hydrogen-bond acceptors (Lipinski definition) is 4. The zero-order valence-corrected chi connectivity index (χ0v) is 11.6. The Morgan fingerprint density at radius 1 is 1.35 bits per heavy atom. The molecule has 0 aliphatic carbocycles. The summed E-state index contributed by atoms with van der Waals surface area (Å²) < 4.78 is 0.